The number of aromatic nitrogens is 1. The number of nitrogens with two attached hydrogens (primary N) is 1. The van der Waals surface area contributed by atoms with Gasteiger partial charge in [0.15, 0.2) is 0 Å². The molecule has 1 aromatic heterocycles. The lowest BCUT2D eigenvalue weighted by atomic mass is 10.0. The van der Waals surface area contributed by atoms with Crippen LogP contribution in [0.15, 0.2) is 18.3 Å². The fourth-order valence-electron chi connectivity index (χ4n) is 1.38. The third kappa shape index (κ3) is 3.23. The van der Waals surface area contributed by atoms with Gasteiger partial charge >= 0.3 is 0 Å². The number of carbonyl (C=O) groups is 1. The lowest BCUT2D eigenvalue weighted by Gasteiger charge is -2.12. The number of pyridine rings is 1. The van der Waals surface area contributed by atoms with Gasteiger partial charge in [-0.3, -0.25) is 4.79 Å². The monoisotopic (exact) mass is 207 g/mol. The number of nitrogens with zero attached hydrogens (tertiary/aromatic N) is 1. The van der Waals surface area contributed by atoms with Crippen molar-refractivity contribution in [3.05, 3.63) is 18.3 Å². The van der Waals surface area contributed by atoms with Crippen LogP contribution >= 0.6 is 0 Å². The van der Waals surface area contributed by atoms with Crippen LogP contribution in [-0.4, -0.2) is 10.9 Å². The Bertz CT molecular complexity index is 317. The van der Waals surface area contributed by atoms with Crippen LogP contribution in [0.1, 0.15) is 26.7 Å². The molecule has 0 bridgehead atoms. The summed E-state index contributed by atoms with van der Waals surface area (Å²) in [4.78, 5) is 15.6. The summed E-state index contributed by atoms with van der Waals surface area (Å²) in [6, 6.07) is 3.42. The van der Waals surface area contributed by atoms with Crippen LogP contribution in [0.5, 0.6) is 0 Å². The van der Waals surface area contributed by atoms with Crippen LogP contribution < -0.4 is 11.1 Å². The molecule has 0 aliphatic heterocycles. The molecule has 82 valence electrons. The van der Waals surface area contributed by atoms with Crippen LogP contribution in [0.2, 0.25) is 0 Å². The molecule has 0 saturated carbocycles. The van der Waals surface area contributed by atoms with Gasteiger partial charge in [0.05, 0.1) is 11.9 Å². The molecule has 0 aliphatic rings. The first-order chi connectivity index (χ1) is 7.17. The summed E-state index contributed by atoms with van der Waals surface area (Å²) in [5.74, 6) is 0.574. The van der Waals surface area contributed by atoms with E-state index in [0.717, 1.165) is 12.8 Å². The van der Waals surface area contributed by atoms with E-state index < -0.39 is 0 Å². The second-order valence-electron chi connectivity index (χ2n) is 3.47. The Hall–Kier alpha value is -1.58. The summed E-state index contributed by atoms with van der Waals surface area (Å²) < 4.78 is 0. The van der Waals surface area contributed by atoms with Crippen LogP contribution in [0.3, 0.4) is 0 Å². The number of nitrogen functional groups attached to an aromatic ring is 1. The van der Waals surface area contributed by atoms with Gasteiger partial charge < -0.3 is 11.1 Å². The average Bonchev–Trinajstić information content (AvgIpc) is 2.23. The van der Waals surface area contributed by atoms with E-state index in [1.165, 1.54) is 0 Å². The minimum Gasteiger partial charge on any atom is -0.384 e. The fraction of sp³-hybridized carbons (Fsp3) is 0.455. The SMILES string of the molecule is CCC(CC)C(=O)Nc1ccc(N)nc1. The minimum atomic E-state index is 0.0478. The van der Waals surface area contributed by atoms with Gasteiger partial charge in [0.2, 0.25) is 5.91 Å². The van der Waals surface area contributed by atoms with Crippen molar-refractivity contribution < 1.29 is 4.79 Å². The van der Waals surface area contributed by atoms with Crippen LogP contribution in [0, 0.1) is 5.92 Å². The van der Waals surface area contributed by atoms with Crippen LogP contribution in [0.4, 0.5) is 11.5 Å². The van der Waals surface area contributed by atoms with Gasteiger partial charge in [0.1, 0.15) is 5.82 Å². The van der Waals surface area contributed by atoms with E-state index in [-0.39, 0.29) is 11.8 Å². The largest absolute Gasteiger partial charge is 0.384 e. The van der Waals surface area contributed by atoms with Crippen molar-refractivity contribution in [2.75, 3.05) is 11.1 Å². The van der Waals surface area contributed by atoms with Gasteiger partial charge in [-0.2, -0.15) is 0 Å². The molecule has 0 atom stereocenters. The quantitative estimate of drug-likeness (QED) is 0.793. The molecule has 15 heavy (non-hydrogen) atoms. The summed E-state index contributed by atoms with van der Waals surface area (Å²) in [6.07, 6.45) is 3.27. The first kappa shape index (κ1) is 11.5. The number of rotatable bonds is 4. The molecular weight excluding hydrogens is 190 g/mol. The zero-order chi connectivity index (χ0) is 11.3. The summed E-state index contributed by atoms with van der Waals surface area (Å²) >= 11 is 0. The molecule has 0 aromatic carbocycles. The lowest BCUT2D eigenvalue weighted by molar-refractivity contribution is -0.120. The molecule has 3 N–H and O–H groups in total. The zero-order valence-electron chi connectivity index (χ0n) is 9.16. The standard InChI is InChI=1S/C11H17N3O/c1-3-8(4-2)11(15)14-9-5-6-10(12)13-7-9/h5-8H,3-4H2,1-2H3,(H2,12,13)(H,14,15). The van der Waals surface area contributed by atoms with Crippen molar-refractivity contribution in [1.29, 1.82) is 0 Å². The molecule has 1 amide bonds. The Morgan fingerprint density at radius 1 is 1.47 bits per heavy atom. The van der Waals surface area contributed by atoms with Crippen LogP contribution in [-0.2, 0) is 4.79 Å². The molecule has 0 aliphatic carbocycles. The number of anilines is 2. The van der Waals surface area contributed by atoms with Crippen LogP contribution in [0.25, 0.3) is 0 Å². The van der Waals surface area contributed by atoms with Gasteiger partial charge in [0, 0.05) is 5.92 Å². The van der Waals surface area contributed by atoms with Crippen molar-refractivity contribution >= 4 is 17.4 Å². The Morgan fingerprint density at radius 2 is 2.13 bits per heavy atom. The molecule has 0 spiro atoms. The highest BCUT2D eigenvalue weighted by atomic mass is 16.1. The number of hydrogen-bond donors (Lipinski definition) is 2. The Morgan fingerprint density at radius 3 is 2.60 bits per heavy atom. The van der Waals surface area contributed by atoms with E-state index in [1.54, 1.807) is 18.3 Å². The average molecular weight is 207 g/mol. The number of nitrogens with one attached hydrogen (secondary N) is 1. The third-order valence-electron chi connectivity index (χ3n) is 2.41. The van der Waals surface area contributed by atoms with Gasteiger partial charge in [-0.1, -0.05) is 13.8 Å². The maximum Gasteiger partial charge on any atom is 0.227 e. The van der Waals surface area contributed by atoms with E-state index in [0.29, 0.717) is 11.5 Å². The fourth-order valence-corrected chi connectivity index (χ4v) is 1.38. The first-order valence-electron chi connectivity index (χ1n) is 5.19. The van der Waals surface area contributed by atoms with Crippen molar-refractivity contribution in [1.82, 2.24) is 4.98 Å². The van der Waals surface area contributed by atoms with E-state index in [1.807, 2.05) is 13.8 Å². The summed E-state index contributed by atoms with van der Waals surface area (Å²) in [5.41, 5.74) is 6.14. The minimum absolute atomic E-state index is 0.0478. The number of carbonyl (C=O) groups excluding carboxylic acids is 1. The lowest BCUT2D eigenvalue weighted by Crippen LogP contribution is -2.21. The Balaban J connectivity index is 2.61. The molecular formula is C11H17N3O. The van der Waals surface area contributed by atoms with E-state index in [4.69, 9.17) is 5.73 Å². The highest BCUT2D eigenvalue weighted by Gasteiger charge is 2.13. The predicted molar refractivity (Wildman–Crippen MR) is 61.4 cm³/mol. The van der Waals surface area contributed by atoms with Crippen molar-refractivity contribution in [3.63, 3.8) is 0 Å². The molecule has 4 nitrogen and oxygen atoms in total. The summed E-state index contributed by atoms with van der Waals surface area (Å²) in [5, 5.41) is 2.81. The predicted octanol–water partition coefficient (Wildman–Crippen LogP) is 2.04. The van der Waals surface area contributed by atoms with Gasteiger partial charge in [-0.15, -0.1) is 0 Å². The van der Waals surface area contributed by atoms with E-state index in [9.17, 15) is 4.79 Å². The summed E-state index contributed by atoms with van der Waals surface area (Å²) in [7, 11) is 0. The number of hydrogen-bond acceptors (Lipinski definition) is 3. The van der Waals surface area contributed by atoms with Gasteiger partial charge in [-0.25, -0.2) is 4.98 Å². The van der Waals surface area contributed by atoms with Gasteiger partial charge in [-0.05, 0) is 25.0 Å². The maximum absolute atomic E-state index is 11.7. The van der Waals surface area contributed by atoms with Gasteiger partial charge in [0.25, 0.3) is 0 Å². The van der Waals surface area contributed by atoms with Crippen molar-refractivity contribution in [3.8, 4) is 0 Å². The highest BCUT2D eigenvalue weighted by molar-refractivity contribution is 5.92. The van der Waals surface area contributed by atoms with Crippen molar-refractivity contribution in [2.24, 2.45) is 5.92 Å². The van der Waals surface area contributed by atoms with E-state index in [2.05, 4.69) is 10.3 Å². The molecule has 0 unspecified atom stereocenters. The second-order valence-corrected chi connectivity index (χ2v) is 3.47. The normalized spacial score (nSPS) is 10.3. The molecule has 1 heterocycles. The molecule has 1 aromatic rings. The van der Waals surface area contributed by atoms with E-state index >= 15 is 0 Å². The highest BCUT2D eigenvalue weighted by Crippen LogP contribution is 2.13. The van der Waals surface area contributed by atoms with Crippen molar-refractivity contribution in [2.45, 2.75) is 26.7 Å². The molecule has 0 fully saturated rings. The molecule has 1 rings (SSSR count). The number of amides is 1. The third-order valence-corrected chi connectivity index (χ3v) is 2.41. The molecule has 0 radical (unpaired) electrons. The second kappa shape index (κ2) is 5.34. The molecule has 4 heteroatoms. The zero-order valence-corrected chi connectivity index (χ0v) is 9.16. The molecule has 0 saturated heterocycles. The maximum atomic E-state index is 11.7. The first-order valence-corrected chi connectivity index (χ1v) is 5.19. The Labute approximate surface area is 89.9 Å². The Kier molecular flexibility index (Phi) is 4.09. The topological polar surface area (TPSA) is 68.0 Å². The smallest absolute Gasteiger partial charge is 0.227 e. The summed E-state index contributed by atoms with van der Waals surface area (Å²) in [6.45, 7) is 4.02.